The lowest BCUT2D eigenvalue weighted by molar-refractivity contribution is -0.137. The summed E-state index contributed by atoms with van der Waals surface area (Å²) in [6.07, 6.45) is -5.37. The standard InChI is InChI=1S/C12H14F3NO2.2CH4/c1-7(2)18-11(17)16-10-5-4-9(6-8(10)3)12(13,14)15;;/h4-7H,1-3H3,(H,16,17);2*1H4. The zero-order valence-electron chi connectivity index (χ0n) is 10.3. The predicted molar refractivity (Wildman–Crippen MR) is 74.9 cm³/mol. The summed E-state index contributed by atoms with van der Waals surface area (Å²) in [6, 6.07) is 3.10. The van der Waals surface area contributed by atoms with Gasteiger partial charge in [0.2, 0.25) is 0 Å². The Morgan fingerprint density at radius 2 is 1.80 bits per heavy atom. The summed E-state index contributed by atoms with van der Waals surface area (Å²) in [6.45, 7) is 4.85. The van der Waals surface area contributed by atoms with Gasteiger partial charge >= 0.3 is 12.3 Å². The molecular formula is C14H22F3NO2. The monoisotopic (exact) mass is 293 g/mol. The van der Waals surface area contributed by atoms with E-state index in [0.29, 0.717) is 11.3 Å². The van der Waals surface area contributed by atoms with Crippen LogP contribution in [0.15, 0.2) is 18.2 Å². The molecule has 0 spiro atoms. The predicted octanol–water partition coefficient (Wildman–Crippen LogP) is 5.24. The minimum Gasteiger partial charge on any atom is -0.447 e. The van der Waals surface area contributed by atoms with E-state index < -0.39 is 17.8 Å². The number of benzene rings is 1. The van der Waals surface area contributed by atoms with Crippen molar-refractivity contribution < 1.29 is 22.7 Å². The Bertz CT molecular complexity index is 443. The van der Waals surface area contributed by atoms with Crippen LogP contribution in [0.3, 0.4) is 0 Å². The van der Waals surface area contributed by atoms with Crippen molar-refractivity contribution in [3.8, 4) is 0 Å². The number of anilines is 1. The normalized spacial score (nSPS) is 10.3. The van der Waals surface area contributed by atoms with Gasteiger partial charge in [-0.3, -0.25) is 5.32 Å². The molecule has 0 saturated heterocycles. The maximum Gasteiger partial charge on any atom is 0.416 e. The number of alkyl halides is 3. The lowest BCUT2D eigenvalue weighted by Crippen LogP contribution is -2.18. The van der Waals surface area contributed by atoms with Crippen LogP contribution in [0, 0.1) is 6.92 Å². The molecule has 6 heteroatoms. The number of hydrogen-bond donors (Lipinski definition) is 1. The van der Waals surface area contributed by atoms with E-state index in [0.717, 1.165) is 12.1 Å². The molecule has 1 amide bonds. The number of amides is 1. The van der Waals surface area contributed by atoms with Gasteiger partial charge in [-0.25, -0.2) is 4.79 Å². The highest BCUT2D eigenvalue weighted by Gasteiger charge is 2.30. The fraction of sp³-hybridized carbons (Fsp3) is 0.500. The van der Waals surface area contributed by atoms with Crippen LogP contribution in [0.1, 0.15) is 39.8 Å². The molecule has 1 rings (SSSR count). The number of carbonyl (C=O) groups excluding carboxylic acids is 1. The van der Waals surface area contributed by atoms with Gasteiger partial charge < -0.3 is 4.74 Å². The molecule has 0 radical (unpaired) electrons. The average molecular weight is 293 g/mol. The Kier molecular flexibility index (Phi) is 8.00. The van der Waals surface area contributed by atoms with Crippen molar-refractivity contribution >= 4 is 11.8 Å². The molecule has 3 nitrogen and oxygen atoms in total. The van der Waals surface area contributed by atoms with Gasteiger partial charge in [0.05, 0.1) is 11.7 Å². The minimum absolute atomic E-state index is 0. The molecule has 1 aromatic carbocycles. The molecule has 0 aliphatic rings. The highest BCUT2D eigenvalue weighted by atomic mass is 19.4. The summed E-state index contributed by atoms with van der Waals surface area (Å²) in [5, 5.41) is 2.39. The second kappa shape index (κ2) is 7.77. The number of hydrogen-bond acceptors (Lipinski definition) is 2. The summed E-state index contributed by atoms with van der Waals surface area (Å²) >= 11 is 0. The summed E-state index contributed by atoms with van der Waals surface area (Å²) < 4.78 is 42.1. The molecule has 1 aromatic rings. The number of nitrogens with one attached hydrogen (secondary N) is 1. The van der Waals surface area contributed by atoms with Crippen molar-refractivity contribution in [2.24, 2.45) is 0 Å². The van der Waals surface area contributed by atoms with Gasteiger partial charge in [-0.2, -0.15) is 13.2 Å². The van der Waals surface area contributed by atoms with Gasteiger partial charge in [0.1, 0.15) is 0 Å². The molecule has 20 heavy (non-hydrogen) atoms. The van der Waals surface area contributed by atoms with Crippen molar-refractivity contribution in [3.05, 3.63) is 29.3 Å². The van der Waals surface area contributed by atoms with Crippen LogP contribution in [-0.2, 0) is 10.9 Å². The Balaban J connectivity index is 0. The molecule has 0 heterocycles. The van der Waals surface area contributed by atoms with Gasteiger partial charge in [0, 0.05) is 5.69 Å². The molecule has 1 N–H and O–H groups in total. The second-order valence-electron chi connectivity index (χ2n) is 4.11. The fourth-order valence-electron chi connectivity index (χ4n) is 1.33. The molecule has 0 fully saturated rings. The van der Waals surface area contributed by atoms with E-state index >= 15 is 0 Å². The lowest BCUT2D eigenvalue weighted by Gasteiger charge is -2.13. The third-order valence-electron chi connectivity index (χ3n) is 2.13. The van der Waals surface area contributed by atoms with E-state index in [1.165, 1.54) is 13.0 Å². The Morgan fingerprint density at radius 1 is 1.25 bits per heavy atom. The highest BCUT2D eigenvalue weighted by Crippen LogP contribution is 2.31. The smallest absolute Gasteiger partial charge is 0.416 e. The van der Waals surface area contributed by atoms with Crippen LogP contribution in [-0.4, -0.2) is 12.2 Å². The van der Waals surface area contributed by atoms with Crippen LogP contribution in [0.5, 0.6) is 0 Å². The molecule has 0 aromatic heterocycles. The number of aryl methyl sites for hydroxylation is 1. The average Bonchev–Trinajstić information content (AvgIpc) is 2.18. The Morgan fingerprint density at radius 3 is 2.20 bits per heavy atom. The molecule has 0 bridgehead atoms. The first kappa shape index (κ1) is 20.6. The van der Waals surface area contributed by atoms with E-state index in [9.17, 15) is 18.0 Å². The summed E-state index contributed by atoms with van der Waals surface area (Å²) in [5.41, 5.74) is -0.123. The third kappa shape index (κ3) is 5.95. The number of carbonyl (C=O) groups is 1. The molecule has 0 aliphatic heterocycles. The maximum absolute atomic E-state index is 12.4. The van der Waals surface area contributed by atoms with Gasteiger partial charge in [-0.05, 0) is 44.5 Å². The SMILES string of the molecule is C.C.Cc1cc(C(F)(F)F)ccc1NC(=O)OC(C)C. The molecule has 0 atom stereocenters. The molecule has 0 aliphatic carbocycles. The van der Waals surface area contributed by atoms with Crippen molar-refractivity contribution in [2.45, 2.75) is 47.9 Å². The van der Waals surface area contributed by atoms with Crippen molar-refractivity contribution in [1.29, 1.82) is 0 Å². The van der Waals surface area contributed by atoms with Crippen LogP contribution in [0.2, 0.25) is 0 Å². The summed E-state index contributed by atoms with van der Waals surface area (Å²) in [5.74, 6) is 0. The number of halogens is 3. The van der Waals surface area contributed by atoms with Crippen LogP contribution in [0.25, 0.3) is 0 Å². The van der Waals surface area contributed by atoms with E-state index in [1.807, 2.05) is 0 Å². The first-order valence-corrected chi connectivity index (χ1v) is 5.35. The van der Waals surface area contributed by atoms with Crippen molar-refractivity contribution in [1.82, 2.24) is 0 Å². The van der Waals surface area contributed by atoms with Crippen LogP contribution in [0.4, 0.5) is 23.7 Å². The van der Waals surface area contributed by atoms with Crippen LogP contribution >= 0.6 is 0 Å². The van der Waals surface area contributed by atoms with Crippen LogP contribution < -0.4 is 5.32 Å². The minimum atomic E-state index is -4.39. The quantitative estimate of drug-likeness (QED) is 0.809. The summed E-state index contributed by atoms with van der Waals surface area (Å²) in [4.78, 5) is 11.3. The second-order valence-corrected chi connectivity index (χ2v) is 4.11. The Hall–Kier alpha value is -1.72. The van der Waals surface area contributed by atoms with Crippen molar-refractivity contribution in [3.63, 3.8) is 0 Å². The van der Waals surface area contributed by atoms with E-state index in [-0.39, 0.29) is 21.0 Å². The third-order valence-corrected chi connectivity index (χ3v) is 2.13. The maximum atomic E-state index is 12.4. The number of ether oxygens (including phenoxy) is 1. The largest absolute Gasteiger partial charge is 0.447 e. The number of rotatable bonds is 2. The first-order valence-electron chi connectivity index (χ1n) is 5.35. The Labute approximate surface area is 118 Å². The van der Waals surface area contributed by atoms with E-state index in [1.54, 1.807) is 13.8 Å². The molecule has 116 valence electrons. The molecule has 0 unspecified atom stereocenters. The summed E-state index contributed by atoms with van der Waals surface area (Å²) in [7, 11) is 0. The molecule has 0 saturated carbocycles. The van der Waals surface area contributed by atoms with E-state index in [2.05, 4.69) is 5.32 Å². The van der Waals surface area contributed by atoms with Gasteiger partial charge in [0.15, 0.2) is 0 Å². The lowest BCUT2D eigenvalue weighted by atomic mass is 10.1. The van der Waals surface area contributed by atoms with Gasteiger partial charge in [-0.1, -0.05) is 14.9 Å². The van der Waals surface area contributed by atoms with Crippen molar-refractivity contribution in [2.75, 3.05) is 5.32 Å². The topological polar surface area (TPSA) is 38.3 Å². The van der Waals surface area contributed by atoms with E-state index in [4.69, 9.17) is 4.74 Å². The first-order chi connectivity index (χ1) is 8.20. The highest BCUT2D eigenvalue weighted by molar-refractivity contribution is 5.85. The molecular weight excluding hydrogens is 271 g/mol. The van der Waals surface area contributed by atoms with Gasteiger partial charge in [0.25, 0.3) is 0 Å². The fourth-order valence-corrected chi connectivity index (χ4v) is 1.33. The zero-order chi connectivity index (χ0) is 13.9. The zero-order valence-corrected chi connectivity index (χ0v) is 10.3. The van der Waals surface area contributed by atoms with Gasteiger partial charge in [-0.15, -0.1) is 0 Å².